The van der Waals surface area contributed by atoms with Gasteiger partial charge in [0.05, 0.1) is 5.56 Å². The fourth-order valence-electron chi connectivity index (χ4n) is 3.18. The summed E-state index contributed by atoms with van der Waals surface area (Å²) >= 11 is 3.14. The van der Waals surface area contributed by atoms with E-state index in [0.717, 1.165) is 12.8 Å². The van der Waals surface area contributed by atoms with Gasteiger partial charge < -0.3 is 9.30 Å². The monoisotopic (exact) mass is 480 g/mol. The molecule has 0 radical (unpaired) electrons. The summed E-state index contributed by atoms with van der Waals surface area (Å²) in [5.74, 6) is -1.23. The van der Waals surface area contributed by atoms with Gasteiger partial charge in [-0.25, -0.2) is 19.0 Å². The lowest BCUT2D eigenvalue weighted by Crippen LogP contribution is -2.31. The van der Waals surface area contributed by atoms with Gasteiger partial charge in [0.2, 0.25) is 0 Å². The Bertz CT molecular complexity index is 1200. The number of rotatable bonds is 8. The number of nitrogens with zero attached hydrogens (tertiary/aromatic N) is 3. The van der Waals surface area contributed by atoms with Gasteiger partial charge in [0.15, 0.2) is 11.2 Å². The zero-order valence-corrected chi connectivity index (χ0v) is 18.3. The summed E-state index contributed by atoms with van der Waals surface area (Å²) in [5.41, 5.74) is -0.753. The highest BCUT2D eigenvalue weighted by molar-refractivity contribution is 9.10. The summed E-state index contributed by atoms with van der Waals surface area (Å²) in [4.78, 5) is 43.9. The number of halogens is 2. The number of aromatic nitrogens is 4. The van der Waals surface area contributed by atoms with Gasteiger partial charge in [-0.1, -0.05) is 36.2 Å². The molecule has 0 fully saturated rings. The van der Waals surface area contributed by atoms with Gasteiger partial charge in [-0.05, 0) is 31.0 Å². The van der Waals surface area contributed by atoms with E-state index in [0.29, 0.717) is 29.8 Å². The quantitative estimate of drug-likeness (QED) is 0.498. The average Bonchev–Trinajstić information content (AvgIpc) is 3.05. The third-order valence-corrected chi connectivity index (χ3v) is 5.12. The van der Waals surface area contributed by atoms with E-state index in [9.17, 15) is 18.8 Å². The van der Waals surface area contributed by atoms with E-state index in [1.165, 1.54) is 22.8 Å². The second-order valence-electron chi connectivity index (χ2n) is 6.82. The Morgan fingerprint density at radius 1 is 1.20 bits per heavy atom. The molecule has 0 spiro atoms. The van der Waals surface area contributed by atoms with Crippen molar-refractivity contribution in [3.8, 4) is 0 Å². The van der Waals surface area contributed by atoms with E-state index in [-0.39, 0.29) is 23.3 Å². The number of carbonyl (C=O) groups is 1. The third kappa shape index (κ3) is 4.38. The number of aryl methyl sites for hydroxylation is 2. The fraction of sp³-hybridized carbons (Fsp3) is 0.400. The second-order valence-corrected chi connectivity index (χ2v) is 7.73. The molecule has 160 valence electrons. The molecule has 2 aromatic heterocycles. The molecule has 0 aliphatic carbocycles. The van der Waals surface area contributed by atoms with Gasteiger partial charge in [0.1, 0.15) is 18.2 Å². The second kappa shape index (κ2) is 9.38. The molecule has 0 atom stereocenters. The number of hydrogen-bond donors (Lipinski definition) is 1. The van der Waals surface area contributed by atoms with Gasteiger partial charge in [0, 0.05) is 17.6 Å². The molecular formula is C20H22BrFN4O4. The number of imidazole rings is 1. The number of hydrogen-bond acceptors (Lipinski definition) is 5. The van der Waals surface area contributed by atoms with Crippen LogP contribution in [0.3, 0.4) is 0 Å². The molecule has 8 nitrogen and oxygen atoms in total. The Morgan fingerprint density at radius 3 is 2.63 bits per heavy atom. The molecule has 10 heteroatoms. The van der Waals surface area contributed by atoms with E-state index in [4.69, 9.17) is 4.74 Å². The van der Waals surface area contributed by atoms with Gasteiger partial charge in [-0.15, -0.1) is 0 Å². The van der Waals surface area contributed by atoms with Gasteiger partial charge in [-0.2, -0.15) is 0 Å². The van der Waals surface area contributed by atoms with Crippen molar-refractivity contribution in [1.29, 1.82) is 0 Å². The van der Waals surface area contributed by atoms with Crippen LogP contribution < -0.4 is 11.2 Å². The summed E-state index contributed by atoms with van der Waals surface area (Å²) in [6.07, 6.45) is 2.31. The van der Waals surface area contributed by atoms with E-state index in [2.05, 4.69) is 25.9 Å². The van der Waals surface area contributed by atoms with Crippen LogP contribution in [0, 0.1) is 5.82 Å². The molecule has 0 amide bonds. The van der Waals surface area contributed by atoms with Crippen molar-refractivity contribution < 1.29 is 13.9 Å². The number of carbonyl (C=O) groups excluding carboxylic acids is 1. The van der Waals surface area contributed by atoms with E-state index >= 15 is 0 Å². The molecule has 3 rings (SSSR count). The van der Waals surface area contributed by atoms with Crippen molar-refractivity contribution >= 4 is 33.1 Å². The molecule has 0 unspecified atom stereocenters. The lowest BCUT2D eigenvalue weighted by atomic mass is 10.2. The van der Waals surface area contributed by atoms with E-state index in [1.807, 2.05) is 13.8 Å². The predicted molar refractivity (Wildman–Crippen MR) is 113 cm³/mol. The molecule has 3 aromatic rings. The topological polar surface area (TPSA) is 99.0 Å². The number of nitrogens with one attached hydrogen (secondary N) is 1. The van der Waals surface area contributed by atoms with Crippen LogP contribution in [0.5, 0.6) is 0 Å². The molecule has 0 saturated carbocycles. The summed E-state index contributed by atoms with van der Waals surface area (Å²) in [5, 5.41) is 0. The standard InChI is InChI=1S/C20H22BrFN4O4/c1-3-5-9-26-17-16(18(27)24-20(26)29)25(8-4-2)15(23-17)11-30-19(28)13-7-6-12(21)10-14(13)22/h6-7,10H,3-5,8-9,11H2,1-2H3,(H,24,27,29). The number of ether oxygens (including phenoxy) is 1. The first kappa shape index (κ1) is 21.9. The number of esters is 1. The highest BCUT2D eigenvalue weighted by atomic mass is 79.9. The molecule has 30 heavy (non-hydrogen) atoms. The van der Waals surface area contributed by atoms with E-state index < -0.39 is 23.0 Å². The number of aromatic amines is 1. The maximum Gasteiger partial charge on any atom is 0.341 e. The molecule has 0 bridgehead atoms. The zero-order valence-electron chi connectivity index (χ0n) is 16.7. The van der Waals surface area contributed by atoms with Crippen molar-refractivity contribution in [2.75, 3.05) is 0 Å². The highest BCUT2D eigenvalue weighted by Crippen LogP contribution is 2.18. The Hall–Kier alpha value is -2.75. The first-order chi connectivity index (χ1) is 14.4. The van der Waals surface area contributed by atoms with Crippen LogP contribution in [-0.2, 0) is 24.4 Å². The molecule has 0 saturated heterocycles. The Morgan fingerprint density at radius 2 is 1.97 bits per heavy atom. The molecule has 0 aliphatic heterocycles. The van der Waals surface area contributed by atoms with Crippen LogP contribution in [0.1, 0.15) is 49.3 Å². The average molecular weight is 481 g/mol. The van der Waals surface area contributed by atoms with Gasteiger partial charge in [-0.3, -0.25) is 14.3 Å². The molecule has 0 aliphatic rings. The summed E-state index contributed by atoms with van der Waals surface area (Å²) in [6.45, 7) is 4.53. The van der Waals surface area contributed by atoms with Crippen LogP contribution in [0.15, 0.2) is 32.3 Å². The zero-order chi connectivity index (χ0) is 21.8. The number of unbranched alkanes of at least 4 members (excludes halogenated alkanes) is 1. The van der Waals surface area contributed by atoms with Crippen molar-refractivity contribution in [2.24, 2.45) is 0 Å². The minimum Gasteiger partial charge on any atom is -0.454 e. The molecular weight excluding hydrogens is 459 g/mol. The van der Waals surface area contributed by atoms with Crippen molar-refractivity contribution in [3.63, 3.8) is 0 Å². The van der Waals surface area contributed by atoms with Crippen LogP contribution in [0.25, 0.3) is 11.2 Å². The smallest absolute Gasteiger partial charge is 0.341 e. The Kier molecular flexibility index (Phi) is 6.86. The Balaban J connectivity index is 1.99. The van der Waals surface area contributed by atoms with Crippen molar-refractivity contribution in [2.45, 2.75) is 52.8 Å². The number of H-pyrrole nitrogens is 1. The molecule has 1 N–H and O–H groups in total. The largest absolute Gasteiger partial charge is 0.454 e. The first-order valence-electron chi connectivity index (χ1n) is 9.71. The number of benzene rings is 1. The van der Waals surface area contributed by atoms with Crippen LogP contribution in [0.4, 0.5) is 4.39 Å². The van der Waals surface area contributed by atoms with E-state index in [1.54, 1.807) is 4.57 Å². The summed E-state index contributed by atoms with van der Waals surface area (Å²) in [7, 11) is 0. The van der Waals surface area contributed by atoms with Crippen LogP contribution >= 0.6 is 15.9 Å². The predicted octanol–water partition coefficient (Wildman–Crippen LogP) is 3.36. The van der Waals surface area contributed by atoms with Crippen molar-refractivity contribution in [1.82, 2.24) is 19.1 Å². The molecule has 2 heterocycles. The maximum absolute atomic E-state index is 14.0. The highest BCUT2D eigenvalue weighted by Gasteiger charge is 2.20. The minimum absolute atomic E-state index is 0.200. The third-order valence-electron chi connectivity index (χ3n) is 4.63. The van der Waals surface area contributed by atoms with Crippen LogP contribution in [0.2, 0.25) is 0 Å². The minimum atomic E-state index is -0.840. The lowest BCUT2D eigenvalue weighted by Gasteiger charge is -2.09. The first-order valence-corrected chi connectivity index (χ1v) is 10.5. The molecule has 1 aromatic carbocycles. The van der Waals surface area contributed by atoms with Gasteiger partial charge >= 0.3 is 11.7 Å². The number of fused-ring (bicyclic) bond motifs is 1. The summed E-state index contributed by atoms with van der Waals surface area (Å²) < 4.78 is 22.9. The fourth-order valence-corrected chi connectivity index (χ4v) is 3.51. The summed E-state index contributed by atoms with van der Waals surface area (Å²) in [6, 6.07) is 4.04. The SMILES string of the molecule is CCCCn1c(=O)[nH]c(=O)c2c1nc(COC(=O)c1ccc(Br)cc1F)n2CCC. The normalized spacial score (nSPS) is 11.2. The lowest BCUT2D eigenvalue weighted by molar-refractivity contribution is 0.0453. The van der Waals surface area contributed by atoms with Crippen molar-refractivity contribution in [3.05, 3.63) is 60.7 Å². The van der Waals surface area contributed by atoms with Crippen LogP contribution in [-0.4, -0.2) is 25.1 Å². The van der Waals surface area contributed by atoms with Gasteiger partial charge in [0.25, 0.3) is 5.56 Å². The Labute approximate surface area is 179 Å². The maximum atomic E-state index is 14.0.